The standard InChI is InChI=1S/C75H98F2N10O12S2/c1-52(82-74(94)69(56-24-14-12-15-25-56)84-68(90)46-55-44-60(76)48-61(77)45-55)72(92)81-50-54-32-36-58(37-33-54)71(91)57-34-30-53(31-35-57)49-78-40-20-9-6-4-3-5-8-17-29-67(89)79-41-21-10-7-11-23-43-86(2)101(98,99)66-39-38-59(47-64(66)87(96)97)73(93)80-42-22-13-16-26-62(88)27-18-19-28-65-70-63(51-100-65)83-75(95)85-70/h12,14-15,24-25,30-39,44-45,47-48,52,63,65,69-70,78H,3-11,13,16-23,26-29,40-43,46,49-51H2,1-2H3,(H,79,89)(H,80,93)(H,81,92)(H,82,94)(H,84,90)(H2,83,85,95)/t52-,63-,65-,69-,70-/m0/s1. The van der Waals surface area contributed by atoms with Crippen molar-refractivity contribution in [3.05, 3.63) is 176 Å². The molecule has 2 heterocycles. The second-order valence-electron chi connectivity index (χ2n) is 26.1. The second-order valence-corrected chi connectivity index (χ2v) is 29.4. The van der Waals surface area contributed by atoms with E-state index in [4.69, 9.17) is 0 Å². The molecular weight excluding hydrogens is 1340 g/mol. The van der Waals surface area contributed by atoms with Gasteiger partial charge in [0.2, 0.25) is 33.7 Å². The van der Waals surface area contributed by atoms with Crippen LogP contribution in [0, 0.1) is 21.7 Å². The summed E-state index contributed by atoms with van der Waals surface area (Å²) >= 11 is 1.86. The molecule has 101 heavy (non-hydrogen) atoms. The van der Waals surface area contributed by atoms with E-state index >= 15 is 0 Å². The van der Waals surface area contributed by atoms with Crippen LogP contribution < -0.4 is 42.5 Å². The van der Waals surface area contributed by atoms with Gasteiger partial charge in [0.05, 0.1) is 23.4 Å². The Bertz CT molecular complexity index is 3660. The average molecular weight is 1430 g/mol. The molecule has 0 aromatic heterocycles. The molecule has 7 rings (SSSR count). The van der Waals surface area contributed by atoms with Gasteiger partial charge in [-0.1, -0.05) is 149 Å². The number of unbranched alkanes of at least 4 members (excludes halogenated alkanes) is 14. The van der Waals surface area contributed by atoms with Gasteiger partial charge in [-0.05, 0) is 111 Å². The molecule has 0 radical (unpaired) electrons. The Morgan fingerprint density at radius 2 is 1.17 bits per heavy atom. The lowest BCUT2D eigenvalue weighted by Gasteiger charge is -2.22. The number of sulfonamides is 1. The first-order chi connectivity index (χ1) is 48.6. The third-order valence-corrected chi connectivity index (χ3v) is 21.5. The molecule has 5 atom stereocenters. The number of Topliss-reactive ketones (excluding diaryl/α,β-unsaturated/α-hetero) is 1. The summed E-state index contributed by atoms with van der Waals surface area (Å²) in [5.41, 5.74) is 2.66. The molecular formula is C75H98F2N10O12S2. The van der Waals surface area contributed by atoms with Crippen molar-refractivity contribution in [3.8, 4) is 0 Å². The molecule has 2 aliphatic heterocycles. The Kier molecular flexibility index (Phi) is 33.3. The largest absolute Gasteiger partial charge is 0.356 e. The molecule has 5 aromatic carbocycles. The average Bonchev–Trinajstić information content (AvgIpc) is 1.46. The van der Waals surface area contributed by atoms with Gasteiger partial charge in [-0.3, -0.25) is 43.7 Å². The number of rotatable bonds is 47. The minimum atomic E-state index is -4.23. The summed E-state index contributed by atoms with van der Waals surface area (Å²) in [6.07, 6.45) is 18.1. The zero-order chi connectivity index (χ0) is 72.5. The number of halogens is 2. The molecule has 22 nitrogen and oxygen atoms in total. The number of nitro benzene ring substituents is 1. The van der Waals surface area contributed by atoms with Gasteiger partial charge in [-0.15, -0.1) is 0 Å². The van der Waals surface area contributed by atoms with E-state index in [0.717, 1.165) is 148 Å². The number of nitrogens with zero attached hydrogens (tertiary/aromatic N) is 2. The number of hydrogen-bond acceptors (Lipinski definition) is 14. The molecule has 0 bridgehead atoms. The van der Waals surface area contributed by atoms with E-state index in [1.54, 1.807) is 54.6 Å². The third-order valence-electron chi connectivity index (χ3n) is 18.1. The van der Waals surface area contributed by atoms with Crippen molar-refractivity contribution in [2.75, 3.05) is 39.0 Å². The highest BCUT2D eigenvalue weighted by Crippen LogP contribution is 2.34. The summed E-state index contributed by atoms with van der Waals surface area (Å²) in [4.78, 5) is 113. The van der Waals surface area contributed by atoms with Gasteiger partial charge in [-0.2, -0.15) is 11.8 Å². The molecule has 2 aliphatic rings. The number of carbonyl (C=O) groups is 8. The predicted octanol–water partition coefficient (Wildman–Crippen LogP) is 10.9. The molecule has 8 N–H and O–H groups in total. The van der Waals surface area contributed by atoms with Gasteiger partial charge < -0.3 is 42.5 Å². The first-order valence-corrected chi connectivity index (χ1v) is 37.9. The number of ketones is 2. The molecule has 2 fully saturated rings. The molecule has 0 unspecified atom stereocenters. The summed E-state index contributed by atoms with van der Waals surface area (Å²) < 4.78 is 55.5. The van der Waals surface area contributed by atoms with Crippen molar-refractivity contribution >= 4 is 74.6 Å². The normalized spacial score (nSPS) is 15.4. The molecule has 2 saturated heterocycles. The quantitative estimate of drug-likeness (QED) is 0.00591. The Morgan fingerprint density at radius 1 is 0.604 bits per heavy atom. The smallest absolute Gasteiger partial charge is 0.315 e. The van der Waals surface area contributed by atoms with Gasteiger partial charge in [-0.25, -0.2) is 26.3 Å². The van der Waals surface area contributed by atoms with Crippen LogP contribution in [0.4, 0.5) is 19.3 Å². The molecule has 0 spiro atoms. The minimum absolute atomic E-state index is 0.0230. The summed E-state index contributed by atoms with van der Waals surface area (Å²) in [6.45, 7) is 4.21. The summed E-state index contributed by atoms with van der Waals surface area (Å²) in [6, 6.07) is 27.0. The fourth-order valence-electron chi connectivity index (χ4n) is 12.3. The van der Waals surface area contributed by atoms with Crippen molar-refractivity contribution < 1.29 is 60.5 Å². The molecule has 546 valence electrons. The van der Waals surface area contributed by atoms with Crippen LogP contribution >= 0.6 is 11.8 Å². The molecule has 26 heteroatoms. The van der Waals surface area contributed by atoms with Gasteiger partial charge >= 0.3 is 6.03 Å². The SMILES string of the molecule is C[C@H](NC(=O)[C@@H](NC(=O)Cc1cc(F)cc(F)c1)c1ccccc1)C(=O)NCc1ccc(C(=O)c2ccc(CNCCCCCCCCCCC(=O)NCCCCCCCN(C)S(=O)(=O)c3ccc(C(=O)NCCCCCC(=O)CCCC[C@@H]4SC[C@@H]5NC(=O)N[C@@H]54)cc3[N+](=O)[O-])cc2)cc1. The van der Waals surface area contributed by atoms with E-state index in [0.29, 0.717) is 92.6 Å². The van der Waals surface area contributed by atoms with Crippen LogP contribution in [-0.2, 0) is 53.5 Å². The topological polar surface area (TPSA) is 313 Å². The van der Waals surface area contributed by atoms with Crippen LogP contribution in [-0.4, -0.2) is 127 Å². The van der Waals surface area contributed by atoms with Crippen LogP contribution in [0.2, 0.25) is 0 Å². The zero-order valence-electron chi connectivity index (χ0n) is 57.9. The minimum Gasteiger partial charge on any atom is -0.356 e. The number of amides is 7. The first-order valence-electron chi connectivity index (χ1n) is 35.5. The maximum Gasteiger partial charge on any atom is 0.315 e. The summed E-state index contributed by atoms with van der Waals surface area (Å²) in [7, 11) is -2.84. The summed E-state index contributed by atoms with van der Waals surface area (Å²) in [5, 5.41) is 35.6. The van der Waals surface area contributed by atoms with Crippen LogP contribution in [0.5, 0.6) is 0 Å². The summed E-state index contributed by atoms with van der Waals surface area (Å²) in [5.74, 6) is -3.00. The number of fused-ring (bicyclic) bond motifs is 1. The molecule has 0 aliphatic carbocycles. The van der Waals surface area contributed by atoms with Crippen molar-refractivity contribution in [2.24, 2.45) is 0 Å². The zero-order valence-corrected chi connectivity index (χ0v) is 59.6. The number of nitrogens with one attached hydrogen (secondary N) is 8. The van der Waals surface area contributed by atoms with Crippen molar-refractivity contribution in [1.29, 1.82) is 0 Å². The number of benzene rings is 5. The van der Waals surface area contributed by atoms with Gasteiger partial charge in [0.15, 0.2) is 10.7 Å². The fraction of sp³-hybridized carbons (Fsp3) is 0.493. The van der Waals surface area contributed by atoms with E-state index in [1.165, 1.54) is 20.0 Å². The number of urea groups is 1. The Balaban J connectivity index is 0.646. The van der Waals surface area contributed by atoms with Crippen LogP contribution in [0.25, 0.3) is 0 Å². The van der Waals surface area contributed by atoms with Gasteiger partial charge in [0.25, 0.3) is 11.6 Å². The maximum absolute atomic E-state index is 13.7. The van der Waals surface area contributed by atoms with Gasteiger partial charge in [0.1, 0.15) is 29.5 Å². The lowest BCUT2D eigenvalue weighted by Crippen LogP contribution is -2.49. The predicted molar refractivity (Wildman–Crippen MR) is 385 cm³/mol. The Morgan fingerprint density at radius 3 is 1.82 bits per heavy atom. The number of carbonyl (C=O) groups excluding carboxylic acids is 8. The van der Waals surface area contributed by atoms with Crippen LogP contribution in [0.1, 0.15) is 203 Å². The van der Waals surface area contributed by atoms with E-state index in [2.05, 4.69) is 42.5 Å². The van der Waals surface area contributed by atoms with Crippen LogP contribution in [0.3, 0.4) is 0 Å². The lowest BCUT2D eigenvalue weighted by atomic mass is 10.0. The molecule has 5 aromatic rings. The Labute approximate surface area is 595 Å². The maximum atomic E-state index is 13.7. The van der Waals surface area contributed by atoms with Crippen molar-refractivity contribution in [2.45, 2.75) is 202 Å². The lowest BCUT2D eigenvalue weighted by molar-refractivity contribution is -0.387. The highest BCUT2D eigenvalue weighted by molar-refractivity contribution is 8.00. The van der Waals surface area contributed by atoms with Crippen molar-refractivity contribution in [3.63, 3.8) is 0 Å². The van der Waals surface area contributed by atoms with Crippen LogP contribution in [0.15, 0.2) is 120 Å². The molecule has 0 saturated carbocycles. The van der Waals surface area contributed by atoms with E-state index in [-0.39, 0.29) is 66.2 Å². The van der Waals surface area contributed by atoms with Crippen molar-refractivity contribution in [1.82, 2.24) is 46.8 Å². The monoisotopic (exact) mass is 1430 g/mol. The number of nitro groups is 1. The second kappa shape index (κ2) is 42.1. The third kappa shape index (κ3) is 27.1. The van der Waals surface area contributed by atoms with E-state index in [1.807, 2.05) is 36.0 Å². The highest BCUT2D eigenvalue weighted by Gasteiger charge is 2.42. The number of hydrogen-bond donors (Lipinski definition) is 8. The highest BCUT2D eigenvalue weighted by atomic mass is 32.2. The first kappa shape index (κ1) is 79.9. The Hall–Kier alpha value is -8.46. The fourth-order valence-corrected chi connectivity index (χ4v) is 15.2. The van der Waals surface area contributed by atoms with Gasteiger partial charge in [0, 0.05) is 98.9 Å². The molecule has 7 amide bonds. The number of thioether (sulfide) groups is 1. The van der Waals surface area contributed by atoms with E-state index < -0.39 is 72.9 Å². The van der Waals surface area contributed by atoms with E-state index in [9.17, 15) is 65.7 Å².